The predicted octanol–water partition coefficient (Wildman–Crippen LogP) is 5.16. The van der Waals surface area contributed by atoms with E-state index in [1.165, 1.54) is 6.07 Å². The normalized spacial score (nSPS) is 11.1. The minimum Gasteiger partial charge on any atom is -0.322 e. The number of anilines is 1. The van der Waals surface area contributed by atoms with Crippen LogP contribution in [0.25, 0.3) is 5.65 Å². The highest BCUT2D eigenvalue weighted by Gasteiger charge is 2.31. The summed E-state index contributed by atoms with van der Waals surface area (Å²) in [6, 6.07) is 13.3. The van der Waals surface area contributed by atoms with Crippen molar-refractivity contribution in [2.45, 2.75) is 6.18 Å². The second-order valence-corrected chi connectivity index (χ2v) is 7.36. The van der Waals surface area contributed by atoms with Gasteiger partial charge in [-0.25, -0.2) is 9.50 Å². The topological polar surface area (TPSA) is 59.3 Å². The molecule has 0 saturated carbocycles. The minimum absolute atomic E-state index is 0.0278. The summed E-state index contributed by atoms with van der Waals surface area (Å²) in [4.78, 5) is 16.8. The van der Waals surface area contributed by atoms with Gasteiger partial charge in [0, 0.05) is 27.5 Å². The second-order valence-electron chi connectivity index (χ2n) is 6.45. The van der Waals surface area contributed by atoms with Crippen LogP contribution in [0.15, 0.2) is 71.5 Å². The Balaban J connectivity index is 1.57. The van der Waals surface area contributed by atoms with Crippen LogP contribution in [-0.4, -0.2) is 20.5 Å². The fourth-order valence-corrected chi connectivity index (χ4v) is 3.31. The molecular weight excluding hydrogens is 473 g/mol. The number of aromatic nitrogens is 3. The lowest BCUT2D eigenvalue weighted by molar-refractivity contribution is -0.137. The molecule has 0 fully saturated rings. The first-order valence-corrected chi connectivity index (χ1v) is 9.69. The molecule has 0 aliphatic heterocycles. The molecule has 0 aliphatic rings. The van der Waals surface area contributed by atoms with Gasteiger partial charge in [-0.15, -0.1) is 0 Å². The highest BCUT2D eigenvalue weighted by molar-refractivity contribution is 9.10. The first-order chi connectivity index (χ1) is 14.8. The van der Waals surface area contributed by atoms with Crippen molar-refractivity contribution in [3.05, 3.63) is 93.8 Å². The smallest absolute Gasteiger partial charge is 0.322 e. The summed E-state index contributed by atoms with van der Waals surface area (Å²) in [5.74, 6) is 5.36. The Labute approximate surface area is 183 Å². The first-order valence-electron chi connectivity index (χ1n) is 8.89. The van der Waals surface area contributed by atoms with Crippen molar-refractivity contribution in [2.24, 2.45) is 0 Å². The van der Waals surface area contributed by atoms with Gasteiger partial charge in [-0.05, 0) is 54.5 Å². The van der Waals surface area contributed by atoms with Crippen molar-refractivity contribution in [2.75, 3.05) is 5.32 Å². The highest BCUT2D eigenvalue weighted by Crippen LogP contribution is 2.33. The molecular formula is C22H12BrF3N4O. The van der Waals surface area contributed by atoms with E-state index >= 15 is 0 Å². The average Bonchev–Trinajstić information content (AvgIpc) is 3.14. The molecule has 5 nitrogen and oxygen atoms in total. The molecule has 0 aliphatic carbocycles. The molecule has 154 valence electrons. The molecule has 0 bridgehead atoms. The highest BCUT2D eigenvalue weighted by atomic mass is 79.9. The Morgan fingerprint density at radius 3 is 2.71 bits per heavy atom. The number of alkyl halides is 3. The number of imidazole rings is 1. The van der Waals surface area contributed by atoms with E-state index in [2.05, 4.69) is 43.2 Å². The van der Waals surface area contributed by atoms with Crippen LogP contribution in [0.3, 0.4) is 0 Å². The number of carbonyl (C=O) groups excluding carboxylic acids is 1. The van der Waals surface area contributed by atoms with Gasteiger partial charge in [0.1, 0.15) is 5.69 Å². The van der Waals surface area contributed by atoms with E-state index in [0.717, 1.165) is 12.1 Å². The molecule has 2 heterocycles. The van der Waals surface area contributed by atoms with Crippen LogP contribution in [0.1, 0.15) is 27.2 Å². The van der Waals surface area contributed by atoms with Crippen LogP contribution in [0.4, 0.5) is 18.9 Å². The van der Waals surface area contributed by atoms with Crippen LogP contribution >= 0.6 is 15.9 Å². The minimum atomic E-state index is -4.52. The summed E-state index contributed by atoms with van der Waals surface area (Å²) in [6.45, 7) is 0. The Morgan fingerprint density at radius 2 is 1.90 bits per heavy atom. The molecule has 4 aromatic rings. The van der Waals surface area contributed by atoms with Gasteiger partial charge in [0.2, 0.25) is 0 Å². The maximum Gasteiger partial charge on any atom is 0.416 e. The summed E-state index contributed by atoms with van der Waals surface area (Å²) < 4.78 is 40.8. The molecule has 9 heteroatoms. The fraction of sp³-hybridized carbons (Fsp3) is 0.0455. The number of rotatable bonds is 2. The summed E-state index contributed by atoms with van der Waals surface area (Å²) in [5, 5.41) is 6.67. The Kier molecular flexibility index (Phi) is 5.48. The molecule has 1 N–H and O–H groups in total. The average molecular weight is 485 g/mol. The number of nitrogens with one attached hydrogen (secondary N) is 1. The molecule has 0 unspecified atom stereocenters. The van der Waals surface area contributed by atoms with Crippen molar-refractivity contribution in [3.8, 4) is 11.8 Å². The van der Waals surface area contributed by atoms with Crippen LogP contribution in [0.2, 0.25) is 0 Å². The lowest BCUT2D eigenvalue weighted by atomic mass is 10.1. The molecule has 1 amide bonds. The van der Waals surface area contributed by atoms with Crippen molar-refractivity contribution >= 4 is 33.2 Å². The van der Waals surface area contributed by atoms with Crippen LogP contribution < -0.4 is 5.32 Å². The van der Waals surface area contributed by atoms with Gasteiger partial charge in [0.15, 0.2) is 5.65 Å². The van der Waals surface area contributed by atoms with E-state index in [4.69, 9.17) is 0 Å². The zero-order valence-corrected chi connectivity index (χ0v) is 17.2. The quantitative estimate of drug-likeness (QED) is 0.399. The van der Waals surface area contributed by atoms with Crippen molar-refractivity contribution in [1.29, 1.82) is 0 Å². The van der Waals surface area contributed by atoms with E-state index in [1.807, 2.05) is 0 Å². The Hall–Kier alpha value is -3.64. The van der Waals surface area contributed by atoms with Gasteiger partial charge < -0.3 is 5.32 Å². The van der Waals surface area contributed by atoms with Gasteiger partial charge in [-0.1, -0.05) is 27.9 Å². The molecule has 0 saturated heterocycles. The predicted molar refractivity (Wildman–Crippen MR) is 113 cm³/mol. The zero-order valence-electron chi connectivity index (χ0n) is 15.6. The van der Waals surface area contributed by atoms with E-state index in [9.17, 15) is 18.0 Å². The van der Waals surface area contributed by atoms with Crippen LogP contribution in [-0.2, 0) is 6.18 Å². The lowest BCUT2D eigenvalue weighted by Crippen LogP contribution is -2.13. The second kappa shape index (κ2) is 8.24. The largest absolute Gasteiger partial charge is 0.416 e. The number of carbonyl (C=O) groups is 1. The van der Waals surface area contributed by atoms with Crippen LogP contribution in [0, 0.1) is 11.8 Å². The standard InChI is InChI=1S/C22H12BrF3N4O/c23-17-10-16(22(24,25)26)11-18(12-17)29-21(31)15-4-1-3-14(9-15)6-7-19-13-27-20-5-2-8-28-30(19)20/h1-5,8-13H,(H,29,31). The van der Waals surface area contributed by atoms with E-state index in [0.29, 0.717) is 16.9 Å². The molecule has 0 radical (unpaired) electrons. The summed E-state index contributed by atoms with van der Waals surface area (Å²) in [6.07, 6.45) is -1.31. The molecule has 31 heavy (non-hydrogen) atoms. The number of halogens is 4. The zero-order chi connectivity index (χ0) is 22.0. The summed E-state index contributed by atoms with van der Waals surface area (Å²) in [7, 11) is 0. The van der Waals surface area contributed by atoms with E-state index in [-0.39, 0.29) is 15.7 Å². The Bertz CT molecular complexity index is 1350. The number of nitrogens with zero attached hydrogens (tertiary/aromatic N) is 3. The fourth-order valence-electron chi connectivity index (χ4n) is 2.82. The number of amides is 1. The summed E-state index contributed by atoms with van der Waals surface area (Å²) in [5.41, 5.74) is 1.23. The van der Waals surface area contributed by atoms with Crippen molar-refractivity contribution in [1.82, 2.24) is 14.6 Å². The van der Waals surface area contributed by atoms with Gasteiger partial charge in [-0.2, -0.15) is 18.3 Å². The molecule has 0 spiro atoms. The third kappa shape index (κ3) is 4.75. The maximum atomic E-state index is 13.0. The van der Waals surface area contributed by atoms with E-state index < -0.39 is 17.6 Å². The number of hydrogen-bond donors (Lipinski definition) is 1. The van der Waals surface area contributed by atoms with E-state index in [1.54, 1.807) is 53.3 Å². The SMILES string of the molecule is O=C(Nc1cc(Br)cc(C(F)(F)F)c1)c1cccc(C#Cc2cnc3cccnn23)c1. The third-order valence-electron chi connectivity index (χ3n) is 4.22. The molecule has 2 aromatic carbocycles. The first kappa shape index (κ1) is 20.6. The van der Waals surface area contributed by atoms with Gasteiger partial charge in [-0.3, -0.25) is 4.79 Å². The van der Waals surface area contributed by atoms with Gasteiger partial charge >= 0.3 is 6.18 Å². The maximum absolute atomic E-state index is 13.0. The van der Waals surface area contributed by atoms with Crippen molar-refractivity contribution in [3.63, 3.8) is 0 Å². The number of fused-ring (bicyclic) bond motifs is 1. The lowest BCUT2D eigenvalue weighted by Gasteiger charge is -2.11. The number of benzene rings is 2. The Morgan fingerprint density at radius 1 is 1.06 bits per heavy atom. The monoisotopic (exact) mass is 484 g/mol. The molecule has 4 rings (SSSR count). The van der Waals surface area contributed by atoms with Gasteiger partial charge in [0.25, 0.3) is 5.91 Å². The summed E-state index contributed by atoms with van der Waals surface area (Å²) >= 11 is 3.04. The molecule has 2 aromatic heterocycles. The molecule has 0 atom stereocenters. The van der Waals surface area contributed by atoms with Crippen molar-refractivity contribution < 1.29 is 18.0 Å². The number of hydrogen-bond acceptors (Lipinski definition) is 3. The third-order valence-corrected chi connectivity index (χ3v) is 4.68. The van der Waals surface area contributed by atoms with Crippen LogP contribution in [0.5, 0.6) is 0 Å². The van der Waals surface area contributed by atoms with Gasteiger partial charge in [0.05, 0.1) is 11.8 Å².